The van der Waals surface area contributed by atoms with Crippen LogP contribution in [0.25, 0.3) is 11.1 Å². The molecule has 3 aromatic rings. The molecule has 1 aliphatic rings. The molecule has 0 amide bonds. The van der Waals surface area contributed by atoms with E-state index in [-0.39, 0.29) is 17.6 Å². The molecule has 0 saturated heterocycles. The lowest BCUT2D eigenvalue weighted by molar-refractivity contribution is 0.0521. The summed E-state index contributed by atoms with van der Waals surface area (Å²) >= 11 is 0. The van der Waals surface area contributed by atoms with Crippen molar-refractivity contribution in [2.24, 2.45) is 5.92 Å². The molecule has 0 bridgehead atoms. The van der Waals surface area contributed by atoms with Crippen molar-refractivity contribution in [3.63, 3.8) is 0 Å². The fourth-order valence-corrected chi connectivity index (χ4v) is 3.68. The number of hydrogen-bond acceptors (Lipinski definition) is 5. The maximum atomic E-state index is 11.5. The van der Waals surface area contributed by atoms with E-state index in [0.717, 1.165) is 19.3 Å². The summed E-state index contributed by atoms with van der Waals surface area (Å²) in [6.07, 6.45) is 2.93. The minimum Gasteiger partial charge on any atom is -0.463 e. The molecule has 1 heterocycles. The molecular formula is C22H21NO4. The van der Waals surface area contributed by atoms with Crippen molar-refractivity contribution in [1.29, 1.82) is 0 Å². The second-order valence-corrected chi connectivity index (χ2v) is 6.85. The van der Waals surface area contributed by atoms with E-state index in [0.29, 0.717) is 0 Å². The number of carbonyl (C=O) groups excluding carboxylic acids is 1. The highest BCUT2D eigenvalue weighted by Crippen LogP contribution is 2.35. The Morgan fingerprint density at radius 3 is 2.78 bits per heavy atom. The van der Waals surface area contributed by atoms with Gasteiger partial charge in [0.2, 0.25) is 11.7 Å². The molecule has 4 rings (SSSR count). The van der Waals surface area contributed by atoms with E-state index in [4.69, 9.17) is 4.42 Å². The van der Waals surface area contributed by atoms with Gasteiger partial charge < -0.3 is 14.3 Å². The predicted molar refractivity (Wildman–Crippen MR) is 100 cm³/mol. The highest BCUT2D eigenvalue weighted by molar-refractivity contribution is 5.85. The number of ether oxygens (including phenoxy) is 1. The molecule has 5 nitrogen and oxygen atoms in total. The van der Waals surface area contributed by atoms with Gasteiger partial charge in [-0.25, -0.2) is 9.78 Å². The highest BCUT2D eigenvalue weighted by Gasteiger charge is 2.30. The Kier molecular flexibility index (Phi) is 4.77. The fraction of sp³-hybridized carbons (Fsp3) is 0.273. The average Bonchev–Trinajstić information content (AvgIpc) is 3.23. The first-order chi connectivity index (χ1) is 13.2. The van der Waals surface area contributed by atoms with Gasteiger partial charge in [-0.3, -0.25) is 0 Å². The first kappa shape index (κ1) is 17.5. The van der Waals surface area contributed by atoms with Gasteiger partial charge in [0.1, 0.15) is 6.10 Å². The van der Waals surface area contributed by atoms with Crippen LogP contribution in [0.5, 0.6) is 0 Å². The van der Waals surface area contributed by atoms with Gasteiger partial charge in [0.05, 0.1) is 13.3 Å². The fourth-order valence-electron chi connectivity index (χ4n) is 3.68. The molecule has 2 aromatic carbocycles. The first-order valence-electron chi connectivity index (χ1n) is 9.05. The lowest BCUT2D eigenvalue weighted by Gasteiger charge is -2.27. The number of esters is 1. The van der Waals surface area contributed by atoms with Gasteiger partial charge in [-0.05, 0) is 47.4 Å². The van der Waals surface area contributed by atoms with Crippen LogP contribution in [0.3, 0.4) is 0 Å². The Morgan fingerprint density at radius 2 is 2.00 bits per heavy atom. The second-order valence-electron chi connectivity index (χ2n) is 6.85. The van der Waals surface area contributed by atoms with Crippen molar-refractivity contribution in [1.82, 2.24) is 4.98 Å². The number of aryl methyl sites for hydroxylation is 1. The molecule has 0 aliphatic heterocycles. The maximum Gasteiger partial charge on any atom is 0.375 e. The Labute approximate surface area is 157 Å². The van der Waals surface area contributed by atoms with Gasteiger partial charge in [0.25, 0.3) is 0 Å². The second kappa shape index (κ2) is 7.37. The third-order valence-corrected chi connectivity index (χ3v) is 5.19. The number of methoxy groups -OCH3 is 1. The van der Waals surface area contributed by atoms with Crippen molar-refractivity contribution in [3.05, 3.63) is 77.5 Å². The van der Waals surface area contributed by atoms with E-state index in [2.05, 4.69) is 40.1 Å². The zero-order chi connectivity index (χ0) is 18.8. The zero-order valence-corrected chi connectivity index (χ0v) is 15.1. The lowest BCUT2D eigenvalue weighted by atomic mass is 9.80. The van der Waals surface area contributed by atoms with Crippen molar-refractivity contribution in [3.8, 4) is 11.1 Å². The van der Waals surface area contributed by atoms with Gasteiger partial charge in [0, 0.05) is 0 Å². The van der Waals surface area contributed by atoms with Crippen LogP contribution in [0, 0.1) is 5.92 Å². The highest BCUT2D eigenvalue weighted by atomic mass is 16.5. The summed E-state index contributed by atoms with van der Waals surface area (Å²) < 4.78 is 10.00. The normalized spacial score (nSPS) is 17.2. The van der Waals surface area contributed by atoms with Gasteiger partial charge in [-0.15, -0.1) is 0 Å². The van der Waals surface area contributed by atoms with Crippen molar-refractivity contribution in [2.75, 3.05) is 7.11 Å². The third kappa shape index (κ3) is 3.51. The summed E-state index contributed by atoms with van der Waals surface area (Å²) in [6.45, 7) is 0. The quantitative estimate of drug-likeness (QED) is 0.710. The topological polar surface area (TPSA) is 72.6 Å². The standard InChI is InChI=1S/C22H21NO4/c1-26-22(25)19-13-23-21(27-19)20(24)18-10-9-16-11-15(7-8-17(16)12-18)14-5-3-2-4-6-14/h2-8,11,13,18,20,24H,9-10,12H2,1H3. The Morgan fingerprint density at radius 1 is 1.19 bits per heavy atom. The van der Waals surface area contributed by atoms with E-state index >= 15 is 0 Å². The van der Waals surface area contributed by atoms with Crippen LogP contribution in [-0.2, 0) is 17.6 Å². The number of carbonyl (C=O) groups is 1. The predicted octanol–water partition coefficient (Wildman–Crippen LogP) is 3.97. The van der Waals surface area contributed by atoms with Gasteiger partial charge in [-0.2, -0.15) is 0 Å². The van der Waals surface area contributed by atoms with Crippen LogP contribution in [-0.4, -0.2) is 23.2 Å². The minimum absolute atomic E-state index is 0.00391. The number of aromatic nitrogens is 1. The molecule has 2 atom stereocenters. The minimum atomic E-state index is -0.842. The van der Waals surface area contributed by atoms with E-state index in [1.807, 2.05) is 18.2 Å². The molecule has 0 spiro atoms. The lowest BCUT2D eigenvalue weighted by Crippen LogP contribution is -2.21. The van der Waals surface area contributed by atoms with Crippen molar-refractivity contribution in [2.45, 2.75) is 25.4 Å². The SMILES string of the molecule is COC(=O)c1cnc(C(O)C2CCc3cc(-c4ccccc4)ccc3C2)o1. The number of hydrogen-bond donors (Lipinski definition) is 1. The van der Waals surface area contributed by atoms with Crippen molar-refractivity contribution >= 4 is 5.97 Å². The summed E-state index contributed by atoms with van der Waals surface area (Å²) in [7, 11) is 1.28. The summed E-state index contributed by atoms with van der Waals surface area (Å²) in [5.41, 5.74) is 4.98. The molecule has 0 fully saturated rings. The molecule has 27 heavy (non-hydrogen) atoms. The number of oxazole rings is 1. The van der Waals surface area contributed by atoms with E-state index < -0.39 is 12.1 Å². The van der Waals surface area contributed by atoms with Crippen LogP contribution < -0.4 is 0 Å². The molecule has 0 saturated carbocycles. The maximum absolute atomic E-state index is 11.5. The summed E-state index contributed by atoms with van der Waals surface area (Å²) in [5, 5.41) is 10.7. The molecule has 1 aliphatic carbocycles. The van der Waals surface area contributed by atoms with Crippen LogP contribution in [0.2, 0.25) is 0 Å². The monoisotopic (exact) mass is 363 g/mol. The van der Waals surface area contributed by atoms with Crippen LogP contribution in [0.4, 0.5) is 0 Å². The summed E-state index contributed by atoms with van der Waals surface area (Å²) in [4.78, 5) is 15.6. The van der Waals surface area contributed by atoms with Gasteiger partial charge >= 0.3 is 5.97 Å². The number of aliphatic hydroxyl groups is 1. The van der Waals surface area contributed by atoms with E-state index in [9.17, 15) is 9.90 Å². The average molecular weight is 363 g/mol. The third-order valence-electron chi connectivity index (χ3n) is 5.19. The number of rotatable bonds is 4. The van der Waals surface area contributed by atoms with Crippen molar-refractivity contribution < 1.29 is 19.1 Å². The number of benzene rings is 2. The molecule has 1 aromatic heterocycles. The van der Waals surface area contributed by atoms with Gasteiger partial charge in [-0.1, -0.05) is 48.5 Å². The molecule has 0 radical (unpaired) electrons. The Bertz CT molecular complexity index is 948. The first-order valence-corrected chi connectivity index (χ1v) is 9.05. The number of aliphatic hydroxyl groups excluding tert-OH is 1. The Hall–Kier alpha value is -2.92. The summed E-state index contributed by atoms with van der Waals surface area (Å²) in [5.74, 6) is -0.410. The summed E-state index contributed by atoms with van der Waals surface area (Å²) in [6, 6.07) is 16.8. The number of fused-ring (bicyclic) bond motifs is 1. The molecule has 2 unspecified atom stereocenters. The largest absolute Gasteiger partial charge is 0.463 e. The smallest absolute Gasteiger partial charge is 0.375 e. The molecule has 1 N–H and O–H groups in total. The van der Waals surface area contributed by atoms with Crippen LogP contribution in [0.15, 0.2) is 59.1 Å². The van der Waals surface area contributed by atoms with Gasteiger partial charge in [0.15, 0.2) is 0 Å². The molecule has 5 heteroatoms. The van der Waals surface area contributed by atoms with E-state index in [1.165, 1.54) is 35.6 Å². The van der Waals surface area contributed by atoms with Crippen LogP contribution in [0.1, 0.15) is 40.1 Å². The Balaban J connectivity index is 1.51. The molecule has 138 valence electrons. The van der Waals surface area contributed by atoms with Crippen LogP contribution >= 0.6 is 0 Å². The number of nitrogens with zero attached hydrogens (tertiary/aromatic N) is 1. The zero-order valence-electron chi connectivity index (χ0n) is 15.1. The molecular weight excluding hydrogens is 342 g/mol. The van der Waals surface area contributed by atoms with E-state index in [1.54, 1.807) is 0 Å².